The lowest BCUT2D eigenvalue weighted by Gasteiger charge is -2.56. The van der Waals surface area contributed by atoms with E-state index >= 15 is 0 Å². The molecule has 0 N–H and O–H groups in total. The fourth-order valence-electron chi connectivity index (χ4n) is 8.20. The Morgan fingerprint density at radius 3 is 1.32 bits per heavy atom. The van der Waals surface area contributed by atoms with E-state index in [-0.39, 0.29) is 36.6 Å². The Kier molecular flexibility index (Phi) is 6.01. The van der Waals surface area contributed by atoms with Gasteiger partial charge in [0.15, 0.2) is 22.4 Å². The number of esters is 2. The average Bonchev–Trinajstić information content (AvgIpc) is 3.13. The van der Waals surface area contributed by atoms with Gasteiger partial charge in [-0.3, -0.25) is 19.2 Å². The van der Waals surface area contributed by atoms with Gasteiger partial charge in [0.1, 0.15) is 13.2 Å². The normalized spacial score (nSPS) is 46.4. The lowest BCUT2D eigenvalue weighted by molar-refractivity contribution is -0.418. The maximum Gasteiger partial charge on any atom is 0.321 e. The number of methoxy groups -OCH3 is 4. The molecule has 0 bridgehead atoms. The highest BCUT2D eigenvalue weighted by Gasteiger charge is 2.87. The number of ketones is 2. The Hall–Kier alpha value is -1.96. The van der Waals surface area contributed by atoms with Crippen LogP contribution in [-0.4, -0.2) is 88.3 Å². The van der Waals surface area contributed by atoms with Crippen LogP contribution in [0.3, 0.4) is 0 Å². The van der Waals surface area contributed by atoms with Crippen LogP contribution in [0.1, 0.15) is 40.5 Å². The summed E-state index contributed by atoms with van der Waals surface area (Å²) in [7, 11) is 5.46. The van der Waals surface area contributed by atoms with Gasteiger partial charge in [0.25, 0.3) is 0 Å². The molecule has 0 amide bonds. The summed E-state index contributed by atoms with van der Waals surface area (Å²) < 4.78 is 43.6. The van der Waals surface area contributed by atoms with Crippen LogP contribution >= 0.6 is 0 Å². The van der Waals surface area contributed by atoms with Crippen molar-refractivity contribution in [1.82, 2.24) is 0 Å². The van der Waals surface area contributed by atoms with E-state index in [4.69, 9.17) is 37.9 Å². The molecule has 12 nitrogen and oxygen atoms in total. The van der Waals surface area contributed by atoms with E-state index < -0.39 is 57.8 Å². The summed E-state index contributed by atoms with van der Waals surface area (Å²) in [5.41, 5.74) is -3.55. The number of ether oxygens (including phenoxy) is 8. The molecule has 2 aliphatic carbocycles. The topological polar surface area (TPSA) is 142 Å². The van der Waals surface area contributed by atoms with E-state index in [2.05, 4.69) is 0 Å². The monoisotopic (exact) mass is 540 g/mol. The van der Waals surface area contributed by atoms with Crippen molar-refractivity contribution in [1.29, 1.82) is 0 Å². The minimum atomic E-state index is -1.51. The van der Waals surface area contributed by atoms with Crippen molar-refractivity contribution in [3.05, 3.63) is 0 Å². The Labute approximate surface area is 220 Å². The number of carbonyl (C=O) groups excluding carboxylic acids is 4. The highest BCUT2D eigenvalue weighted by molar-refractivity contribution is 5.95. The number of hydrogen-bond donors (Lipinski definition) is 0. The molecule has 0 unspecified atom stereocenters. The van der Waals surface area contributed by atoms with Gasteiger partial charge in [0.05, 0.1) is 25.4 Å². The summed E-state index contributed by atoms with van der Waals surface area (Å²) in [6.07, 6.45) is 1.21. The standard InChI is InChI=1S/2C13H18O6/c2*1-11(2)9-5-7-8(14)6-18-13(17-4,19-11)12(7,9)10(15)16-3/h2*7,9H,5-6H2,1-4H3/t2*7-,9+,12+,13+/m10/s1. The van der Waals surface area contributed by atoms with Crippen LogP contribution < -0.4 is 0 Å². The van der Waals surface area contributed by atoms with Crippen molar-refractivity contribution in [2.45, 2.75) is 63.7 Å². The SMILES string of the molecule is COC(=O)[C@]12[C@@H]3C[C@H]1C(=O)CO[C@@]2(OC)OC3(C)C.COC(=O)[C@]12[C@@H]3C[C@H]1C(C)(C)O[C@@]2(OC)OCC3=O. The Morgan fingerprint density at radius 2 is 1.03 bits per heavy atom. The number of carbonyl (C=O) groups is 4. The molecule has 0 aromatic heterocycles. The van der Waals surface area contributed by atoms with Gasteiger partial charge in [0.2, 0.25) is 0 Å². The van der Waals surface area contributed by atoms with E-state index in [1.165, 1.54) is 28.4 Å². The van der Waals surface area contributed by atoms with E-state index in [1.807, 2.05) is 27.7 Å². The van der Waals surface area contributed by atoms with Crippen LogP contribution in [0.15, 0.2) is 0 Å². The van der Waals surface area contributed by atoms with Crippen LogP contribution in [0.4, 0.5) is 0 Å². The summed E-state index contributed by atoms with van der Waals surface area (Å²) in [6.45, 7) is 7.33. The van der Waals surface area contributed by atoms with Gasteiger partial charge >= 0.3 is 23.9 Å². The van der Waals surface area contributed by atoms with E-state index in [0.717, 1.165) is 0 Å². The summed E-state index contributed by atoms with van der Waals surface area (Å²) in [6, 6.07) is 0. The second kappa shape index (κ2) is 8.28. The van der Waals surface area contributed by atoms with Gasteiger partial charge in [-0.15, -0.1) is 0 Å². The second-order valence-corrected chi connectivity index (χ2v) is 11.8. The van der Waals surface area contributed by atoms with E-state index in [1.54, 1.807) is 0 Å². The first-order valence-electron chi connectivity index (χ1n) is 12.7. The van der Waals surface area contributed by atoms with Crippen LogP contribution in [0.25, 0.3) is 0 Å². The molecule has 4 heterocycles. The highest BCUT2D eigenvalue weighted by Crippen LogP contribution is 2.72. The lowest BCUT2D eigenvalue weighted by Crippen LogP contribution is -2.71. The summed E-state index contributed by atoms with van der Waals surface area (Å²) in [4.78, 5) is 48.8. The summed E-state index contributed by atoms with van der Waals surface area (Å²) in [5.74, 6) is -5.37. The molecule has 212 valence electrons. The molecule has 6 rings (SSSR count). The molecule has 0 aromatic rings. The van der Waals surface area contributed by atoms with Gasteiger partial charge in [-0.2, -0.15) is 0 Å². The van der Waals surface area contributed by atoms with Gasteiger partial charge in [-0.1, -0.05) is 0 Å². The summed E-state index contributed by atoms with van der Waals surface area (Å²) in [5, 5.41) is 0. The van der Waals surface area contributed by atoms with Gasteiger partial charge < -0.3 is 37.9 Å². The van der Waals surface area contributed by atoms with Crippen LogP contribution in [-0.2, 0) is 57.1 Å². The third-order valence-electron chi connectivity index (χ3n) is 9.80. The maximum absolute atomic E-state index is 12.4. The lowest BCUT2D eigenvalue weighted by atomic mass is 9.47. The quantitative estimate of drug-likeness (QED) is 0.469. The van der Waals surface area contributed by atoms with Crippen LogP contribution in [0.2, 0.25) is 0 Å². The molecule has 0 spiro atoms. The minimum absolute atomic E-state index is 0.0874. The number of hydrogen-bond acceptors (Lipinski definition) is 12. The van der Waals surface area contributed by atoms with E-state index in [0.29, 0.717) is 12.8 Å². The molecule has 6 fully saturated rings. The van der Waals surface area contributed by atoms with Crippen molar-refractivity contribution in [2.24, 2.45) is 34.5 Å². The molecular weight excluding hydrogens is 504 g/mol. The van der Waals surface area contributed by atoms with Crippen molar-refractivity contribution in [3.63, 3.8) is 0 Å². The largest absolute Gasteiger partial charge is 0.468 e. The first kappa shape index (κ1) is 27.6. The van der Waals surface area contributed by atoms with Crippen LogP contribution in [0, 0.1) is 34.5 Å². The molecule has 4 saturated heterocycles. The molecule has 8 atom stereocenters. The Bertz CT molecular complexity index is 1000. The van der Waals surface area contributed by atoms with Gasteiger partial charge in [-0.25, -0.2) is 0 Å². The summed E-state index contributed by atoms with van der Waals surface area (Å²) >= 11 is 0. The average molecular weight is 541 g/mol. The second-order valence-electron chi connectivity index (χ2n) is 11.8. The minimum Gasteiger partial charge on any atom is -0.468 e. The molecule has 2 saturated carbocycles. The van der Waals surface area contributed by atoms with Gasteiger partial charge in [0, 0.05) is 37.9 Å². The fourth-order valence-corrected chi connectivity index (χ4v) is 8.20. The van der Waals surface area contributed by atoms with Crippen LogP contribution in [0.5, 0.6) is 0 Å². The Balaban J connectivity index is 0.000000155. The molecule has 12 heteroatoms. The van der Waals surface area contributed by atoms with E-state index in [9.17, 15) is 19.2 Å². The number of Topliss-reactive ketones (excluding diaryl/α,β-unsaturated/α-hetero) is 2. The molecule has 38 heavy (non-hydrogen) atoms. The molecule has 0 aromatic carbocycles. The highest BCUT2D eigenvalue weighted by atomic mass is 16.9. The fraction of sp³-hybridized carbons (Fsp3) is 0.846. The third-order valence-corrected chi connectivity index (χ3v) is 9.80. The van der Waals surface area contributed by atoms with Crippen molar-refractivity contribution >= 4 is 23.5 Å². The van der Waals surface area contributed by atoms with Crippen molar-refractivity contribution < 1.29 is 57.1 Å². The third kappa shape index (κ3) is 2.86. The first-order valence-corrected chi connectivity index (χ1v) is 12.7. The molecule has 4 aliphatic heterocycles. The molecule has 6 aliphatic rings. The first-order chi connectivity index (χ1) is 17.7. The van der Waals surface area contributed by atoms with Gasteiger partial charge in [-0.05, 0) is 40.5 Å². The maximum atomic E-state index is 12.4. The molecular formula is C26H36O12. The molecule has 0 radical (unpaired) electrons. The van der Waals surface area contributed by atoms with Crippen molar-refractivity contribution in [2.75, 3.05) is 41.7 Å². The zero-order valence-electron chi connectivity index (χ0n) is 23.0. The van der Waals surface area contributed by atoms with Crippen molar-refractivity contribution in [3.8, 4) is 0 Å². The predicted octanol–water partition coefficient (Wildman–Crippen LogP) is 0.980. The predicted molar refractivity (Wildman–Crippen MR) is 124 cm³/mol. The number of rotatable bonds is 4. The smallest absolute Gasteiger partial charge is 0.321 e. The Morgan fingerprint density at radius 1 is 0.684 bits per heavy atom. The zero-order chi connectivity index (χ0) is 28.1. The zero-order valence-corrected chi connectivity index (χ0v) is 23.0.